The van der Waals surface area contributed by atoms with Gasteiger partial charge in [-0.2, -0.15) is 0 Å². The fourth-order valence-electron chi connectivity index (χ4n) is 2.64. The molecule has 1 saturated heterocycles. The maximum Gasteiger partial charge on any atom is 0.0691 e. The molecular weight excluding hydrogens is 260 g/mol. The molecule has 1 aromatic heterocycles. The number of benzene rings is 1. The van der Waals surface area contributed by atoms with E-state index in [0.717, 1.165) is 67.3 Å². The molecule has 3 rings (SSSR count). The van der Waals surface area contributed by atoms with E-state index in [9.17, 15) is 0 Å². The van der Waals surface area contributed by atoms with E-state index in [4.69, 9.17) is 16.3 Å². The van der Waals surface area contributed by atoms with E-state index in [-0.39, 0.29) is 0 Å². The molecule has 0 unspecified atom stereocenters. The molecule has 19 heavy (non-hydrogen) atoms. The Kier molecular flexibility index (Phi) is 4.06. The van der Waals surface area contributed by atoms with Gasteiger partial charge >= 0.3 is 0 Å². The van der Waals surface area contributed by atoms with Crippen LogP contribution in [0.2, 0.25) is 5.02 Å². The number of halogens is 1. The van der Waals surface area contributed by atoms with Gasteiger partial charge in [-0.3, -0.25) is 4.90 Å². The molecule has 0 aliphatic carbocycles. The average molecular weight is 279 g/mol. The fourth-order valence-corrected chi connectivity index (χ4v) is 2.95. The molecule has 0 spiro atoms. The fraction of sp³-hybridized carbons (Fsp3) is 0.467. The highest BCUT2D eigenvalue weighted by atomic mass is 35.5. The monoisotopic (exact) mass is 278 g/mol. The first kappa shape index (κ1) is 13.0. The molecule has 1 aliphatic rings. The Morgan fingerprint density at radius 2 is 2.00 bits per heavy atom. The molecule has 0 saturated carbocycles. The molecule has 2 aromatic rings. The van der Waals surface area contributed by atoms with Crippen molar-refractivity contribution in [2.75, 3.05) is 32.8 Å². The number of H-pyrrole nitrogens is 1. The van der Waals surface area contributed by atoms with E-state index in [2.05, 4.69) is 22.0 Å². The molecule has 0 amide bonds. The summed E-state index contributed by atoms with van der Waals surface area (Å²) in [6, 6.07) is 8.21. The minimum atomic E-state index is 0.868. The lowest BCUT2D eigenvalue weighted by Gasteiger charge is -2.26. The van der Waals surface area contributed by atoms with Crippen LogP contribution in [0.25, 0.3) is 10.9 Å². The second kappa shape index (κ2) is 5.95. The highest BCUT2D eigenvalue weighted by molar-refractivity contribution is 6.36. The van der Waals surface area contributed by atoms with Crippen LogP contribution < -0.4 is 0 Å². The van der Waals surface area contributed by atoms with Gasteiger partial charge in [-0.05, 0) is 25.5 Å². The smallest absolute Gasteiger partial charge is 0.0691 e. The molecule has 0 radical (unpaired) electrons. The SMILES string of the molecule is Clc1c(CCCN2CCOCC2)[nH]c2ccccc12. The molecular formula is C15H19ClN2O. The van der Waals surface area contributed by atoms with Gasteiger partial charge in [0.15, 0.2) is 0 Å². The zero-order chi connectivity index (χ0) is 13.1. The lowest BCUT2D eigenvalue weighted by Crippen LogP contribution is -2.36. The van der Waals surface area contributed by atoms with Crippen molar-refractivity contribution in [3.63, 3.8) is 0 Å². The summed E-state index contributed by atoms with van der Waals surface area (Å²) in [5.41, 5.74) is 2.30. The normalized spacial score (nSPS) is 17.1. The van der Waals surface area contributed by atoms with Gasteiger partial charge in [-0.25, -0.2) is 0 Å². The Hall–Kier alpha value is -1.03. The topological polar surface area (TPSA) is 28.3 Å². The first-order chi connectivity index (χ1) is 9.34. The van der Waals surface area contributed by atoms with Gasteiger partial charge in [0.25, 0.3) is 0 Å². The van der Waals surface area contributed by atoms with E-state index >= 15 is 0 Å². The number of hydrogen-bond acceptors (Lipinski definition) is 2. The minimum absolute atomic E-state index is 0.868. The van der Waals surface area contributed by atoms with Crippen LogP contribution in [-0.2, 0) is 11.2 Å². The molecule has 3 nitrogen and oxygen atoms in total. The van der Waals surface area contributed by atoms with Crippen molar-refractivity contribution in [3.8, 4) is 0 Å². The molecule has 1 N–H and O–H groups in total. The van der Waals surface area contributed by atoms with E-state index in [1.54, 1.807) is 0 Å². The summed E-state index contributed by atoms with van der Waals surface area (Å²) >= 11 is 6.41. The van der Waals surface area contributed by atoms with Gasteiger partial charge in [0.1, 0.15) is 0 Å². The van der Waals surface area contributed by atoms with Crippen molar-refractivity contribution in [3.05, 3.63) is 35.0 Å². The van der Waals surface area contributed by atoms with Crippen LogP contribution in [0.3, 0.4) is 0 Å². The third kappa shape index (κ3) is 2.94. The highest BCUT2D eigenvalue weighted by Gasteiger charge is 2.12. The largest absolute Gasteiger partial charge is 0.379 e. The van der Waals surface area contributed by atoms with Gasteiger partial charge in [-0.1, -0.05) is 29.8 Å². The molecule has 1 aromatic carbocycles. The number of aryl methyl sites for hydroxylation is 1. The Labute approximate surface area is 118 Å². The number of fused-ring (bicyclic) bond motifs is 1. The quantitative estimate of drug-likeness (QED) is 0.931. The van der Waals surface area contributed by atoms with Crippen molar-refractivity contribution in [2.45, 2.75) is 12.8 Å². The highest BCUT2D eigenvalue weighted by Crippen LogP contribution is 2.27. The van der Waals surface area contributed by atoms with Crippen molar-refractivity contribution in [2.24, 2.45) is 0 Å². The van der Waals surface area contributed by atoms with Crippen molar-refractivity contribution in [1.82, 2.24) is 9.88 Å². The number of aromatic nitrogens is 1. The molecule has 102 valence electrons. The zero-order valence-corrected chi connectivity index (χ0v) is 11.7. The summed E-state index contributed by atoms with van der Waals surface area (Å²) in [6.45, 7) is 4.97. The van der Waals surface area contributed by atoms with Crippen LogP contribution in [-0.4, -0.2) is 42.7 Å². The summed E-state index contributed by atoms with van der Waals surface area (Å²) in [7, 11) is 0. The van der Waals surface area contributed by atoms with E-state index in [0.29, 0.717) is 0 Å². The zero-order valence-electron chi connectivity index (χ0n) is 11.0. The minimum Gasteiger partial charge on any atom is -0.379 e. The molecule has 1 fully saturated rings. The van der Waals surface area contributed by atoms with Crippen LogP contribution in [0.1, 0.15) is 12.1 Å². The summed E-state index contributed by atoms with van der Waals surface area (Å²) < 4.78 is 5.35. The van der Waals surface area contributed by atoms with E-state index in [1.807, 2.05) is 12.1 Å². The molecule has 0 bridgehead atoms. The van der Waals surface area contributed by atoms with Gasteiger partial charge in [0.05, 0.1) is 18.2 Å². The summed E-state index contributed by atoms with van der Waals surface area (Å²) in [6.07, 6.45) is 2.14. The molecule has 2 heterocycles. The van der Waals surface area contributed by atoms with E-state index < -0.39 is 0 Å². The van der Waals surface area contributed by atoms with Crippen LogP contribution in [0.5, 0.6) is 0 Å². The predicted octanol–water partition coefficient (Wildman–Crippen LogP) is 3.09. The van der Waals surface area contributed by atoms with Gasteiger partial charge < -0.3 is 9.72 Å². The number of nitrogens with one attached hydrogen (secondary N) is 1. The summed E-state index contributed by atoms with van der Waals surface area (Å²) in [4.78, 5) is 5.88. The van der Waals surface area contributed by atoms with Gasteiger partial charge in [0.2, 0.25) is 0 Å². The second-order valence-corrected chi connectivity index (χ2v) is 5.40. The van der Waals surface area contributed by atoms with Crippen molar-refractivity contribution < 1.29 is 4.74 Å². The van der Waals surface area contributed by atoms with Crippen LogP contribution in [0, 0.1) is 0 Å². The summed E-state index contributed by atoms with van der Waals surface area (Å²) in [5.74, 6) is 0. The van der Waals surface area contributed by atoms with Gasteiger partial charge in [0, 0.05) is 29.7 Å². The van der Waals surface area contributed by atoms with E-state index in [1.165, 1.54) is 0 Å². The Morgan fingerprint density at radius 1 is 1.21 bits per heavy atom. The number of aromatic amines is 1. The molecule has 0 atom stereocenters. The lowest BCUT2D eigenvalue weighted by molar-refractivity contribution is 0.0374. The first-order valence-electron chi connectivity index (χ1n) is 6.90. The van der Waals surface area contributed by atoms with Crippen LogP contribution in [0.15, 0.2) is 24.3 Å². The Bertz CT molecular complexity index is 546. The number of nitrogens with zero attached hydrogens (tertiary/aromatic N) is 1. The van der Waals surface area contributed by atoms with Gasteiger partial charge in [-0.15, -0.1) is 0 Å². The average Bonchev–Trinajstić information content (AvgIpc) is 2.78. The number of morpholine rings is 1. The number of hydrogen-bond donors (Lipinski definition) is 1. The number of para-hydroxylation sites is 1. The Balaban J connectivity index is 1.60. The number of rotatable bonds is 4. The first-order valence-corrected chi connectivity index (χ1v) is 7.27. The maximum absolute atomic E-state index is 6.41. The Morgan fingerprint density at radius 3 is 2.79 bits per heavy atom. The predicted molar refractivity (Wildman–Crippen MR) is 78.9 cm³/mol. The molecule has 1 aliphatic heterocycles. The third-order valence-electron chi connectivity index (χ3n) is 3.72. The molecule has 4 heteroatoms. The third-order valence-corrected chi connectivity index (χ3v) is 4.15. The standard InChI is InChI=1S/C15H19ClN2O/c16-15-12-4-1-2-5-13(12)17-14(15)6-3-7-18-8-10-19-11-9-18/h1-2,4-5,17H,3,6-11H2. The van der Waals surface area contributed by atoms with Crippen LogP contribution >= 0.6 is 11.6 Å². The lowest BCUT2D eigenvalue weighted by atomic mass is 10.2. The maximum atomic E-state index is 6.41. The second-order valence-electron chi connectivity index (χ2n) is 5.02. The summed E-state index contributed by atoms with van der Waals surface area (Å²) in [5, 5.41) is 2.02. The van der Waals surface area contributed by atoms with Crippen molar-refractivity contribution in [1.29, 1.82) is 0 Å². The van der Waals surface area contributed by atoms with Crippen LogP contribution in [0.4, 0.5) is 0 Å². The van der Waals surface area contributed by atoms with Crippen molar-refractivity contribution >= 4 is 22.5 Å². The number of ether oxygens (including phenoxy) is 1.